The average Bonchev–Trinajstić information content (AvgIpc) is 2.40. The van der Waals surface area contributed by atoms with Crippen LogP contribution in [0.1, 0.15) is 10.4 Å². The molecule has 0 atom stereocenters. The highest BCUT2D eigenvalue weighted by molar-refractivity contribution is 9.10. The molecule has 0 amide bonds. The van der Waals surface area contributed by atoms with Crippen molar-refractivity contribution in [2.75, 3.05) is 0 Å². The van der Waals surface area contributed by atoms with E-state index in [1.165, 1.54) is 24.3 Å². The van der Waals surface area contributed by atoms with Crippen LogP contribution in [0.15, 0.2) is 45.3 Å². The zero-order valence-corrected chi connectivity index (χ0v) is 13.4. The molecule has 0 saturated carbocycles. The minimum absolute atomic E-state index is 0.0160. The fourth-order valence-electron chi connectivity index (χ4n) is 1.60. The zero-order valence-electron chi connectivity index (χ0n) is 10.2. The minimum Gasteiger partial charge on any atom is -0.478 e. The van der Waals surface area contributed by atoms with Crippen molar-refractivity contribution in [3.05, 3.63) is 61.0 Å². The molecule has 0 aliphatic rings. The van der Waals surface area contributed by atoms with Crippen LogP contribution >= 0.6 is 31.9 Å². The van der Waals surface area contributed by atoms with Crippen LogP contribution in [0.4, 0.5) is 5.69 Å². The number of ether oxygens (including phenoxy) is 1. The van der Waals surface area contributed by atoms with E-state index in [9.17, 15) is 14.9 Å². The molecule has 108 valence electrons. The number of carboxylic acids is 1. The van der Waals surface area contributed by atoms with Crippen LogP contribution in [0.3, 0.4) is 0 Å². The third kappa shape index (κ3) is 3.59. The Hall–Kier alpha value is -1.93. The van der Waals surface area contributed by atoms with Gasteiger partial charge in [-0.2, -0.15) is 0 Å². The van der Waals surface area contributed by atoms with E-state index in [0.717, 1.165) is 0 Å². The molecule has 0 spiro atoms. The van der Waals surface area contributed by atoms with Crippen LogP contribution in [0, 0.1) is 10.1 Å². The van der Waals surface area contributed by atoms with E-state index in [0.29, 0.717) is 8.95 Å². The van der Waals surface area contributed by atoms with Crippen molar-refractivity contribution >= 4 is 43.5 Å². The van der Waals surface area contributed by atoms with Crippen molar-refractivity contribution in [1.29, 1.82) is 0 Å². The maximum absolute atomic E-state index is 11.2. The van der Waals surface area contributed by atoms with E-state index in [2.05, 4.69) is 31.9 Å². The van der Waals surface area contributed by atoms with Gasteiger partial charge in [-0.1, -0.05) is 31.9 Å². The molecule has 8 heteroatoms. The van der Waals surface area contributed by atoms with Crippen molar-refractivity contribution in [2.24, 2.45) is 0 Å². The molecule has 21 heavy (non-hydrogen) atoms. The predicted molar refractivity (Wildman–Crippen MR) is 82.0 cm³/mol. The van der Waals surface area contributed by atoms with Gasteiger partial charge < -0.3 is 9.84 Å². The monoisotopic (exact) mass is 415 g/mol. The van der Waals surface area contributed by atoms with E-state index >= 15 is 0 Å². The van der Waals surface area contributed by atoms with Gasteiger partial charge in [-0.05, 0) is 30.3 Å². The van der Waals surface area contributed by atoms with Gasteiger partial charge in [-0.25, -0.2) is 4.79 Å². The second-order valence-electron chi connectivity index (χ2n) is 3.92. The van der Waals surface area contributed by atoms with Gasteiger partial charge in [0.05, 0.1) is 4.92 Å². The molecule has 0 heterocycles. The van der Waals surface area contributed by atoms with E-state index in [-0.39, 0.29) is 22.7 Å². The maximum atomic E-state index is 11.2. The first-order valence-corrected chi connectivity index (χ1v) is 7.11. The third-order valence-corrected chi connectivity index (χ3v) is 3.50. The number of nitro benzene ring substituents is 1. The fourth-order valence-corrected chi connectivity index (χ4v) is 2.28. The Labute approximate surface area is 135 Å². The van der Waals surface area contributed by atoms with Gasteiger partial charge in [-0.15, -0.1) is 0 Å². The first-order valence-electron chi connectivity index (χ1n) is 5.53. The highest BCUT2D eigenvalue weighted by atomic mass is 79.9. The number of aromatic carboxylic acids is 1. The van der Waals surface area contributed by atoms with Gasteiger partial charge in [0.25, 0.3) is 0 Å². The summed E-state index contributed by atoms with van der Waals surface area (Å²) in [7, 11) is 0. The van der Waals surface area contributed by atoms with E-state index in [1.807, 2.05) is 0 Å². The van der Waals surface area contributed by atoms with Crippen LogP contribution in [0.2, 0.25) is 0 Å². The molecule has 1 N–H and O–H groups in total. The second-order valence-corrected chi connectivity index (χ2v) is 5.75. The summed E-state index contributed by atoms with van der Waals surface area (Å²) in [5.74, 6) is -1.21. The van der Waals surface area contributed by atoms with Gasteiger partial charge in [0.15, 0.2) is 0 Å². The van der Waals surface area contributed by atoms with E-state index < -0.39 is 10.9 Å². The lowest BCUT2D eigenvalue weighted by Gasteiger charge is -2.09. The lowest BCUT2D eigenvalue weighted by atomic mass is 10.2. The molecule has 2 aromatic carbocycles. The first kappa shape index (κ1) is 15.5. The largest absolute Gasteiger partial charge is 0.478 e. The molecule has 0 unspecified atom stereocenters. The Morgan fingerprint density at radius 3 is 2.33 bits per heavy atom. The Morgan fingerprint density at radius 1 is 1.10 bits per heavy atom. The number of halogens is 2. The van der Waals surface area contributed by atoms with Crippen LogP contribution in [-0.2, 0) is 0 Å². The van der Waals surface area contributed by atoms with Crippen molar-refractivity contribution in [1.82, 2.24) is 0 Å². The molecule has 2 rings (SSSR count). The number of rotatable bonds is 4. The number of nitro groups is 1. The summed E-state index contributed by atoms with van der Waals surface area (Å²) in [6.45, 7) is 0. The highest BCUT2D eigenvalue weighted by Crippen LogP contribution is 2.36. The van der Waals surface area contributed by atoms with Gasteiger partial charge in [-0.3, -0.25) is 10.1 Å². The quantitative estimate of drug-likeness (QED) is 0.580. The molecule has 0 aliphatic heterocycles. The third-order valence-electron chi connectivity index (χ3n) is 2.51. The Balaban J connectivity index is 2.50. The number of carboxylic acid groups (broad SMARTS) is 1. The predicted octanol–water partition coefficient (Wildman–Crippen LogP) is 4.61. The fraction of sp³-hybridized carbons (Fsp3) is 0. The SMILES string of the molecule is O=C(O)c1ccc(Br)cc1Oc1ccc(Br)cc1[N+](=O)[O-]. The summed E-state index contributed by atoms with van der Waals surface area (Å²) in [6, 6.07) is 8.59. The van der Waals surface area contributed by atoms with Crippen molar-refractivity contribution in [2.45, 2.75) is 0 Å². The smallest absolute Gasteiger partial charge is 0.339 e. The van der Waals surface area contributed by atoms with Gasteiger partial charge in [0.1, 0.15) is 11.3 Å². The van der Waals surface area contributed by atoms with Crippen molar-refractivity contribution in [3.63, 3.8) is 0 Å². The molecule has 0 radical (unpaired) electrons. The summed E-state index contributed by atoms with van der Waals surface area (Å²) in [5, 5.41) is 20.1. The normalized spacial score (nSPS) is 10.2. The number of carbonyl (C=O) groups is 1. The molecule has 0 fully saturated rings. The molecule has 6 nitrogen and oxygen atoms in total. The minimum atomic E-state index is -1.18. The lowest BCUT2D eigenvalue weighted by molar-refractivity contribution is -0.385. The molecular weight excluding hydrogens is 410 g/mol. The first-order chi connectivity index (χ1) is 9.88. The van der Waals surface area contributed by atoms with Gasteiger partial charge >= 0.3 is 11.7 Å². The number of hydrogen-bond donors (Lipinski definition) is 1. The average molecular weight is 417 g/mol. The molecule has 0 aromatic heterocycles. The zero-order chi connectivity index (χ0) is 15.6. The topological polar surface area (TPSA) is 89.7 Å². The number of hydrogen-bond acceptors (Lipinski definition) is 4. The van der Waals surface area contributed by atoms with Gasteiger partial charge in [0, 0.05) is 15.0 Å². The lowest BCUT2D eigenvalue weighted by Crippen LogP contribution is -2.01. The molecule has 0 aliphatic carbocycles. The van der Waals surface area contributed by atoms with Crippen LogP contribution in [0.25, 0.3) is 0 Å². The van der Waals surface area contributed by atoms with Crippen LogP contribution in [0.5, 0.6) is 11.5 Å². The summed E-state index contributed by atoms with van der Waals surface area (Å²) < 4.78 is 6.55. The standard InChI is InChI=1S/C13H7Br2NO5/c14-7-2-4-11(10(5-7)16(19)20)21-12-6-8(15)1-3-9(12)13(17)18/h1-6H,(H,17,18). The Kier molecular flexibility index (Phi) is 4.59. The van der Waals surface area contributed by atoms with Gasteiger partial charge in [0.2, 0.25) is 5.75 Å². The Morgan fingerprint density at radius 2 is 1.71 bits per heavy atom. The number of nitrogens with zero attached hydrogens (tertiary/aromatic N) is 1. The van der Waals surface area contributed by atoms with E-state index in [1.54, 1.807) is 12.1 Å². The molecule has 0 bridgehead atoms. The van der Waals surface area contributed by atoms with Crippen LogP contribution in [-0.4, -0.2) is 16.0 Å². The molecule has 0 saturated heterocycles. The number of benzene rings is 2. The molecule has 2 aromatic rings. The second kappa shape index (κ2) is 6.23. The van der Waals surface area contributed by atoms with Crippen LogP contribution < -0.4 is 4.74 Å². The van der Waals surface area contributed by atoms with Crippen molar-refractivity contribution < 1.29 is 19.6 Å². The maximum Gasteiger partial charge on any atom is 0.339 e. The van der Waals surface area contributed by atoms with Crippen molar-refractivity contribution in [3.8, 4) is 11.5 Å². The summed E-state index contributed by atoms with van der Waals surface area (Å²) in [5.41, 5.74) is -0.351. The summed E-state index contributed by atoms with van der Waals surface area (Å²) in [6.07, 6.45) is 0. The summed E-state index contributed by atoms with van der Waals surface area (Å²) >= 11 is 6.34. The highest BCUT2D eigenvalue weighted by Gasteiger charge is 2.19. The van der Waals surface area contributed by atoms with E-state index in [4.69, 9.17) is 9.84 Å². The molecular formula is C13H7Br2NO5. The summed E-state index contributed by atoms with van der Waals surface area (Å²) in [4.78, 5) is 21.6. The Bertz CT molecular complexity index is 732.